The van der Waals surface area contributed by atoms with E-state index in [4.69, 9.17) is 0 Å². The molecule has 2 N–H and O–H groups in total. The lowest BCUT2D eigenvalue weighted by molar-refractivity contribution is 0.107. The van der Waals surface area contributed by atoms with Crippen LogP contribution in [0.2, 0.25) is 0 Å². The molecule has 0 fully saturated rings. The third kappa shape index (κ3) is 2.61. The molecule has 0 heterocycles. The molecule has 3 aromatic carbocycles. The summed E-state index contributed by atoms with van der Waals surface area (Å²) in [7, 11) is -3.69. The average molecular weight is 338 g/mol. The van der Waals surface area contributed by atoms with Crippen molar-refractivity contribution in [3.63, 3.8) is 0 Å². The lowest BCUT2D eigenvalue weighted by atomic mass is 10.2. The van der Waals surface area contributed by atoms with Gasteiger partial charge >= 0.3 is 0 Å². The lowest BCUT2D eigenvalue weighted by Crippen LogP contribution is -2.22. The molecule has 0 unspecified atom stereocenters. The van der Waals surface area contributed by atoms with Gasteiger partial charge in [-0.15, -0.1) is 0 Å². The van der Waals surface area contributed by atoms with E-state index in [9.17, 15) is 19.6 Å². The Morgan fingerprint density at radius 3 is 1.71 bits per heavy atom. The molecule has 0 aromatic heterocycles. The normalized spacial score (nSPS) is 11.2. The van der Waals surface area contributed by atoms with Crippen LogP contribution in [0.4, 0.5) is 0 Å². The smallest absolute Gasteiger partial charge is 0.233 e. The molecular formula is C19H15O4P. The Bertz CT molecular complexity index is 877. The second-order valence-electron chi connectivity index (χ2n) is 5.26. The van der Waals surface area contributed by atoms with Crippen LogP contribution < -0.4 is 10.6 Å². The standard InChI is InChI=1S/C19H15O4P/c20-17-13-7-12-16(18(17)21)19(22)24(23,14-8-3-1-4-9-14)15-10-5-2-6-11-15/h1-13,20-21H. The van der Waals surface area contributed by atoms with Crippen molar-refractivity contribution in [3.8, 4) is 11.5 Å². The van der Waals surface area contributed by atoms with E-state index in [-0.39, 0.29) is 5.56 Å². The van der Waals surface area contributed by atoms with Gasteiger partial charge in [0.25, 0.3) is 0 Å². The Hall–Kier alpha value is -2.84. The lowest BCUT2D eigenvalue weighted by Gasteiger charge is -2.18. The highest BCUT2D eigenvalue weighted by Gasteiger charge is 2.38. The molecule has 3 rings (SSSR count). The van der Waals surface area contributed by atoms with Gasteiger partial charge in [0.15, 0.2) is 11.5 Å². The molecule has 0 saturated heterocycles. The van der Waals surface area contributed by atoms with E-state index in [0.717, 1.165) is 0 Å². The Morgan fingerprint density at radius 2 is 1.21 bits per heavy atom. The second kappa shape index (κ2) is 6.34. The SMILES string of the molecule is O=C(c1cccc(O)c1O)P(=O)(c1ccccc1)c1ccccc1. The van der Waals surface area contributed by atoms with Crippen LogP contribution >= 0.6 is 7.14 Å². The number of carbonyl (C=O) groups excluding carboxylic acids is 1. The van der Waals surface area contributed by atoms with E-state index in [1.54, 1.807) is 60.7 Å². The summed E-state index contributed by atoms with van der Waals surface area (Å²) in [6.07, 6.45) is 0. The fraction of sp³-hybridized carbons (Fsp3) is 0. The summed E-state index contributed by atoms with van der Waals surface area (Å²) in [5, 5.41) is 20.5. The van der Waals surface area contributed by atoms with Crippen molar-refractivity contribution >= 4 is 23.3 Å². The maximum Gasteiger partial charge on any atom is 0.233 e. The first-order valence-corrected chi connectivity index (χ1v) is 9.03. The highest BCUT2D eigenvalue weighted by atomic mass is 31.2. The first-order valence-electron chi connectivity index (χ1n) is 7.32. The number of phenolic OH excluding ortho intramolecular Hbond substituents is 2. The van der Waals surface area contributed by atoms with Crippen molar-refractivity contribution in [2.75, 3.05) is 0 Å². The number of hydrogen-bond donors (Lipinski definition) is 2. The molecule has 5 heteroatoms. The van der Waals surface area contributed by atoms with Crippen LogP contribution in [0, 0.1) is 0 Å². The Labute approximate surface area is 139 Å². The predicted molar refractivity (Wildman–Crippen MR) is 93.9 cm³/mol. The topological polar surface area (TPSA) is 74.6 Å². The van der Waals surface area contributed by atoms with Gasteiger partial charge in [0.05, 0.1) is 5.56 Å². The van der Waals surface area contributed by atoms with E-state index in [2.05, 4.69) is 0 Å². The number of carbonyl (C=O) groups is 1. The number of rotatable bonds is 4. The fourth-order valence-electron chi connectivity index (χ4n) is 2.53. The third-order valence-electron chi connectivity index (χ3n) is 3.77. The largest absolute Gasteiger partial charge is 0.504 e. The van der Waals surface area contributed by atoms with Crippen LogP contribution in [0.15, 0.2) is 78.9 Å². The summed E-state index contributed by atoms with van der Waals surface area (Å²) < 4.78 is 13.8. The van der Waals surface area contributed by atoms with Gasteiger partial charge in [-0.3, -0.25) is 4.79 Å². The molecule has 0 saturated carbocycles. The molecule has 4 nitrogen and oxygen atoms in total. The van der Waals surface area contributed by atoms with E-state index in [1.807, 2.05) is 0 Å². The summed E-state index contributed by atoms with van der Waals surface area (Å²) in [5.41, 5.74) is -0.876. The number of benzene rings is 3. The van der Waals surface area contributed by atoms with Gasteiger partial charge in [0.1, 0.15) is 0 Å². The van der Waals surface area contributed by atoms with Crippen molar-refractivity contribution in [1.29, 1.82) is 0 Å². The molecule has 120 valence electrons. The maximum atomic E-state index is 13.8. The zero-order chi connectivity index (χ0) is 17.2. The van der Waals surface area contributed by atoms with Gasteiger partial charge in [0, 0.05) is 10.6 Å². The van der Waals surface area contributed by atoms with Crippen LogP contribution in [0.5, 0.6) is 11.5 Å². The van der Waals surface area contributed by atoms with Crippen LogP contribution in [-0.4, -0.2) is 15.7 Å². The van der Waals surface area contributed by atoms with Crippen molar-refractivity contribution in [3.05, 3.63) is 84.4 Å². The molecule has 0 atom stereocenters. The van der Waals surface area contributed by atoms with E-state index in [1.165, 1.54) is 18.2 Å². The average Bonchev–Trinajstić information content (AvgIpc) is 2.64. The minimum Gasteiger partial charge on any atom is -0.504 e. The van der Waals surface area contributed by atoms with Gasteiger partial charge < -0.3 is 14.8 Å². The molecule has 24 heavy (non-hydrogen) atoms. The van der Waals surface area contributed by atoms with Gasteiger partial charge in [-0.25, -0.2) is 0 Å². The number of para-hydroxylation sites is 1. The van der Waals surface area contributed by atoms with Gasteiger partial charge in [-0.05, 0) is 12.1 Å². The van der Waals surface area contributed by atoms with Crippen LogP contribution in [0.3, 0.4) is 0 Å². The van der Waals surface area contributed by atoms with Gasteiger partial charge in [0.2, 0.25) is 12.7 Å². The van der Waals surface area contributed by atoms with Crippen molar-refractivity contribution < 1.29 is 19.6 Å². The maximum absolute atomic E-state index is 13.8. The summed E-state index contributed by atoms with van der Waals surface area (Å²) in [6, 6.07) is 21.0. The molecule has 0 spiro atoms. The third-order valence-corrected chi connectivity index (χ3v) is 6.63. The van der Waals surface area contributed by atoms with E-state index < -0.39 is 24.2 Å². The molecule has 0 aliphatic rings. The number of phenols is 2. The Balaban J connectivity index is 2.25. The van der Waals surface area contributed by atoms with Crippen molar-refractivity contribution in [2.45, 2.75) is 0 Å². The van der Waals surface area contributed by atoms with Crippen LogP contribution in [0.25, 0.3) is 0 Å². The minimum absolute atomic E-state index is 0.161. The number of hydrogen-bond acceptors (Lipinski definition) is 4. The fourth-order valence-corrected chi connectivity index (χ4v) is 5.00. The Morgan fingerprint density at radius 1 is 0.708 bits per heavy atom. The molecule has 0 radical (unpaired) electrons. The molecule has 0 amide bonds. The quantitative estimate of drug-likeness (QED) is 0.566. The molecular weight excluding hydrogens is 323 g/mol. The highest BCUT2D eigenvalue weighted by molar-refractivity contribution is 7.93. The second-order valence-corrected chi connectivity index (χ2v) is 7.92. The summed E-state index contributed by atoms with van der Waals surface area (Å²) >= 11 is 0. The summed E-state index contributed by atoms with van der Waals surface area (Å²) in [6.45, 7) is 0. The van der Waals surface area contributed by atoms with Gasteiger partial charge in [-0.1, -0.05) is 66.7 Å². The number of aromatic hydroxyl groups is 2. The molecule has 0 aliphatic heterocycles. The predicted octanol–water partition coefficient (Wildman–Crippen LogP) is 3.25. The minimum atomic E-state index is -3.69. The molecule has 3 aromatic rings. The monoisotopic (exact) mass is 338 g/mol. The van der Waals surface area contributed by atoms with Crippen LogP contribution in [0.1, 0.15) is 10.4 Å². The van der Waals surface area contributed by atoms with E-state index >= 15 is 0 Å². The first kappa shape index (κ1) is 16.0. The van der Waals surface area contributed by atoms with Crippen LogP contribution in [-0.2, 0) is 4.57 Å². The van der Waals surface area contributed by atoms with Gasteiger partial charge in [-0.2, -0.15) is 0 Å². The van der Waals surface area contributed by atoms with Crippen molar-refractivity contribution in [1.82, 2.24) is 0 Å². The summed E-state index contributed by atoms with van der Waals surface area (Å²) in [4.78, 5) is 13.1. The highest BCUT2D eigenvalue weighted by Crippen LogP contribution is 2.49. The van der Waals surface area contributed by atoms with E-state index in [0.29, 0.717) is 10.6 Å². The Kier molecular flexibility index (Phi) is 4.24. The zero-order valence-electron chi connectivity index (χ0n) is 12.7. The zero-order valence-corrected chi connectivity index (χ0v) is 13.6. The molecule has 0 bridgehead atoms. The summed E-state index contributed by atoms with van der Waals surface area (Å²) in [5.74, 6) is -0.983. The molecule has 0 aliphatic carbocycles. The first-order chi connectivity index (χ1) is 11.5. The van der Waals surface area contributed by atoms with Crippen molar-refractivity contribution in [2.24, 2.45) is 0 Å².